The number of nitrogens with one attached hydrogen (secondary N) is 3. The molecule has 0 radical (unpaired) electrons. The molecule has 0 saturated carbocycles. The molecule has 0 bridgehead atoms. The van der Waals surface area contributed by atoms with Crippen molar-refractivity contribution in [2.45, 2.75) is 20.8 Å². The van der Waals surface area contributed by atoms with Gasteiger partial charge in [-0.05, 0) is 60.6 Å². The van der Waals surface area contributed by atoms with Crippen LogP contribution in [0.15, 0.2) is 48.5 Å². The van der Waals surface area contributed by atoms with Gasteiger partial charge in [-0.3, -0.25) is 14.9 Å². The Morgan fingerprint density at radius 2 is 1.67 bits per heavy atom. The van der Waals surface area contributed by atoms with Crippen LogP contribution in [0.3, 0.4) is 0 Å². The molecule has 27 heavy (non-hydrogen) atoms. The van der Waals surface area contributed by atoms with Crippen molar-refractivity contribution >= 4 is 40.5 Å². The van der Waals surface area contributed by atoms with Gasteiger partial charge in [-0.2, -0.15) is 0 Å². The molecule has 0 heterocycles. The Kier molecular flexibility index (Phi) is 7.31. The van der Waals surface area contributed by atoms with Gasteiger partial charge in [0, 0.05) is 23.9 Å². The number of rotatable bonds is 6. The molecule has 0 atom stereocenters. The first-order valence-corrected chi connectivity index (χ1v) is 8.97. The molecule has 3 N–H and O–H groups in total. The van der Waals surface area contributed by atoms with Crippen LogP contribution >= 0.6 is 12.2 Å². The second-order valence-electron chi connectivity index (χ2n) is 6.40. The van der Waals surface area contributed by atoms with E-state index in [1.165, 1.54) is 6.92 Å². The van der Waals surface area contributed by atoms with E-state index in [1.807, 2.05) is 6.07 Å². The van der Waals surface area contributed by atoms with Gasteiger partial charge in [0.2, 0.25) is 5.91 Å². The van der Waals surface area contributed by atoms with E-state index in [2.05, 4.69) is 29.8 Å². The minimum absolute atomic E-state index is 0.141. The van der Waals surface area contributed by atoms with Crippen molar-refractivity contribution < 1.29 is 14.3 Å². The number of anilines is 2. The minimum atomic E-state index is -0.322. The summed E-state index contributed by atoms with van der Waals surface area (Å²) in [5.74, 6) is 0.579. The van der Waals surface area contributed by atoms with Crippen LogP contribution in [0.5, 0.6) is 5.75 Å². The van der Waals surface area contributed by atoms with Gasteiger partial charge in [0.1, 0.15) is 5.75 Å². The molecule has 2 rings (SSSR count). The Balaban J connectivity index is 1.92. The first kappa shape index (κ1) is 20.4. The molecule has 2 aromatic rings. The number of hydrogen-bond donors (Lipinski definition) is 3. The SMILES string of the molecule is CC(=O)Nc1ccc(NC(=S)NC(=O)c2cccc(OCC(C)C)c2)cc1. The maximum Gasteiger partial charge on any atom is 0.257 e. The molecule has 0 fully saturated rings. The highest BCUT2D eigenvalue weighted by Gasteiger charge is 2.09. The predicted octanol–water partition coefficient (Wildman–Crippen LogP) is 3.81. The van der Waals surface area contributed by atoms with Gasteiger partial charge in [0.25, 0.3) is 5.91 Å². The second kappa shape index (κ2) is 9.68. The summed E-state index contributed by atoms with van der Waals surface area (Å²) >= 11 is 5.19. The average Bonchev–Trinajstić information content (AvgIpc) is 2.61. The smallest absolute Gasteiger partial charge is 0.257 e. The number of ether oxygens (including phenoxy) is 1. The van der Waals surface area contributed by atoms with Crippen LogP contribution in [0.25, 0.3) is 0 Å². The third-order valence-corrected chi connectivity index (χ3v) is 3.57. The summed E-state index contributed by atoms with van der Waals surface area (Å²) in [6.07, 6.45) is 0. The van der Waals surface area contributed by atoms with Crippen LogP contribution < -0.4 is 20.7 Å². The zero-order valence-electron chi connectivity index (χ0n) is 15.5. The number of amides is 2. The molecule has 0 unspecified atom stereocenters. The summed E-state index contributed by atoms with van der Waals surface area (Å²) in [6, 6.07) is 13.9. The Morgan fingerprint density at radius 3 is 2.26 bits per heavy atom. The van der Waals surface area contributed by atoms with Gasteiger partial charge in [0.15, 0.2) is 5.11 Å². The Bertz CT molecular complexity index is 819. The van der Waals surface area contributed by atoms with Gasteiger partial charge >= 0.3 is 0 Å². The predicted molar refractivity (Wildman–Crippen MR) is 111 cm³/mol. The summed E-state index contributed by atoms with van der Waals surface area (Å²) in [4.78, 5) is 23.4. The quantitative estimate of drug-likeness (QED) is 0.659. The lowest BCUT2D eigenvalue weighted by molar-refractivity contribution is -0.114. The van der Waals surface area contributed by atoms with Crippen molar-refractivity contribution in [3.05, 3.63) is 54.1 Å². The largest absolute Gasteiger partial charge is 0.493 e. The van der Waals surface area contributed by atoms with Crippen molar-refractivity contribution in [1.29, 1.82) is 0 Å². The molecule has 2 amide bonds. The third-order valence-electron chi connectivity index (χ3n) is 3.37. The Hall–Kier alpha value is -2.93. The number of carbonyl (C=O) groups is 2. The highest BCUT2D eigenvalue weighted by Crippen LogP contribution is 2.15. The monoisotopic (exact) mass is 385 g/mol. The van der Waals surface area contributed by atoms with Crippen LogP contribution in [0, 0.1) is 5.92 Å². The lowest BCUT2D eigenvalue weighted by Gasteiger charge is -2.12. The van der Waals surface area contributed by atoms with Crippen molar-refractivity contribution in [3.63, 3.8) is 0 Å². The molecule has 0 aliphatic rings. The number of thiocarbonyl (C=S) groups is 1. The molecule has 0 spiro atoms. The number of hydrogen-bond acceptors (Lipinski definition) is 4. The molecule has 0 aliphatic heterocycles. The summed E-state index contributed by atoms with van der Waals surface area (Å²) in [5, 5.41) is 8.43. The Morgan fingerprint density at radius 1 is 1.04 bits per heavy atom. The number of benzene rings is 2. The average molecular weight is 385 g/mol. The van der Waals surface area contributed by atoms with Gasteiger partial charge in [-0.15, -0.1) is 0 Å². The normalized spacial score (nSPS) is 10.2. The van der Waals surface area contributed by atoms with Gasteiger partial charge in [0.05, 0.1) is 6.61 Å². The van der Waals surface area contributed by atoms with Crippen molar-refractivity contribution in [3.8, 4) is 5.75 Å². The molecule has 0 aliphatic carbocycles. The van der Waals surface area contributed by atoms with Crippen molar-refractivity contribution in [2.75, 3.05) is 17.2 Å². The van der Waals surface area contributed by atoms with Gasteiger partial charge in [-0.1, -0.05) is 19.9 Å². The van der Waals surface area contributed by atoms with Crippen molar-refractivity contribution in [2.24, 2.45) is 5.92 Å². The van der Waals surface area contributed by atoms with E-state index in [1.54, 1.807) is 42.5 Å². The van der Waals surface area contributed by atoms with E-state index in [0.29, 0.717) is 35.2 Å². The first-order valence-electron chi connectivity index (χ1n) is 8.56. The molecule has 142 valence electrons. The zero-order chi connectivity index (χ0) is 19.8. The Labute approximate surface area is 164 Å². The summed E-state index contributed by atoms with van der Waals surface area (Å²) < 4.78 is 5.64. The third kappa shape index (κ3) is 7.07. The summed E-state index contributed by atoms with van der Waals surface area (Å²) in [6.45, 7) is 6.14. The minimum Gasteiger partial charge on any atom is -0.493 e. The van der Waals surface area contributed by atoms with Crippen LogP contribution in [0.2, 0.25) is 0 Å². The van der Waals surface area contributed by atoms with Crippen LogP contribution in [-0.4, -0.2) is 23.5 Å². The highest BCUT2D eigenvalue weighted by molar-refractivity contribution is 7.80. The van der Waals surface area contributed by atoms with Crippen LogP contribution in [0.1, 0.15) is 31.1 Å². The number of carbonyl (C=O) groups excluding carboxylic acids is 2. The summed E-state index contributed by atoms with van der Waals surface area (Å²) in [5.41, 5.74) is 1.84. The lowest BCUT2D eigenvalue weighted by Crippen LogP contribution is -2.34. The first-order chi connectivity index (χ1) is 12.8. The fourth-order valence-electron chi connectivity index (χ4n) is 2.17. The van der Waals surface area contributed by atoms with E-state index < -0.39 is 0 Å². The lowest BCUT2D eigenvalue weighted by atomic mass is 10.2. The van der Waals surface area contributed by atoms with E-state index >= 15 is 0 Å². The highest BCUT2D eigenvalue weighted by atomic mass is 32.1. The van der Waals surface area contributed by atoms with Crippen molar-refractivity contribution in [1.82, 2.24) is 5.32 Å². The van der Waals surface area contributed by atoms with E-state index in [-0.39, 0.29) is 16.9 Å². The molecule has 0 saturated heterocycles. The van der Waals surface area contributed by atoms with Gasteiger partial charge < -0.3 is 15.4 Å². The van der Waals surface area contributed by atoms with E-state index in [0.717, 1.165) is 0 Å². The molecule has 6 nitrogen and oxygen atoms in total. The summed E-state index contributed by atoms with van der Waals surface area (Å²) in [7, 11) is 0. The molecule has 0 aromatic heterocycles. The maximum atomic E-state index is 12.4. The standard InChI is InChI=1S/C20H23N3O3S/c1-13(2)12-26-18-6-4-5-15(11-18)19(25)23-20(27)22-17-9-7-16(8-10-17)21-14(3)24/h4-11,13H,12H2,1-3H3,(H,21,24)(H2,22,23,25,27). The molecule has 2 aromatic carbocycles. The topological polar surface area (TPSA) is 79.5 Å². The van der Waals surface area contributed by atoms with Crippen LogP contribution in [0.4, 0.5) is 11.4 Å². The maximum absolute atomic E-state index is 12.4. The van der Waals surface area contributed by atoms with Crippen LogP contribution in [-0.2, 0) is 4.79 Å². The van der Waals surface area contributed by atoms with E-state index in [4.69, 9.17) is 17.0 Å². The fraction of sp³-hybridized carbons (Fsp3) is 0.250. The molecular weight excluding hydrogens is 362 g/mol. The van der Waals surface area contributed by atoms with Gasteiger partial charge in [-0.25, -0.2) is 0 Å². The van der Waals surface area contributed by atoms with E-state index in [9.17, 15) is 9.59 Å². The second-order valence-corrected chi connectivity index (χ2v) is 6.81. The molecule has 7 heteroatoms. The fourth-order valence-corrected chi connectivity index (χ4v) is 2.38. The molecular formula is C20H23N3O3S. The zero-order valence-corrected chi connectivity index (χ0v) is 16.4.